The summed E-state index contributed by atoms with van der Waals surface area (Å²) in [6, 6.07) is 15.2. The molecule has 3 rings (SSSR count). The lowest BCUT2D eigenvalue weighted by atomic mass is 9.92. The summed E-state index contributed by atoms with van der Waals surface area (Å²) in [4.78, 5) is 14.8. The first-order valence-corrected chi connectivity index (χ1v) is 8.09. The number of fused-ring (bicyclic) bond motifs is 1. The number of rotatable bonds is 3. The van der Waals surface area contributed by atoms with E-state index in [1.165, 1.54) is 0 Å². The fourth-order valence-corrected chi connectivity index (χ4v) is 3.24. The van der Waals surface area contributed by atoms with Crippen molar-refractivity contribution in [2.24, 2.45) is 11.7 Å². The van der Waals surface area contributed by atoms with Gasteiger partial charge < -0.3 is 16.4 Å². The monoisotopic (exact) mass is 309 g/mol. The van der Waals surface area contributed by atoms with E-state index in [1.807, 2.05) is 60.4 Å². The highest BCUT2D eigenvalue weighted by Crippen LogP contribution is 2.33. The summed E-state index contributed by atoms with van der Waals surface area (Å²) < 4.78 is 0. The van der Waals surface area contributed by atoms with Gasteiger partial charge in [-0.15, -0.1) is 0 Å². The maximum Gasteiger partial charge on any atom is 0.231 e. The zero-order chi connectivity index (χ0) is 16.4. The molecular formula is C19H23N3O. The van der Waals surface area contributed by atoms with Gasteiger partial charge in [0.25, 0.3) is 0 Å². The van der Waals surface area contributed by atoms with Crippen LogP contribution in [0.1, 0.15) is 30.5 Å². The fraction of sp³-hybridized carbons (Fsp3) is 0.316. The van der Waals surface area contributed by atoms with E-state index in [-0.39, 0.29) is 17.9 Å². The minimum Gasteiger partial charge on any atom is -0.398 e. The smallest absolute Gasteiger partial charge is 0.231 e. The van der Waals surface area contributed by atoms with Gasteiger partial charge in [-0.25, -0.2) is 0 Å². The number of anilines is 2. The van der Waals surface area contributed by atoms with E-state index in [0.717, 1.165) is 41.9 Å². The minimum atomic E-state index is -0.310. The molecule has 2 aromatic carbocycles. The van der Waals surface area contributed by atoms with Crippen LogP contribution in [0.15, 0.2) is 48.5 Å². The van der Waals surface area contributed by atoms with E-state index < -0.39 is 0 Å². The molecule has 4 heteroatoms. The van der Waals surface area contributed by atoms with E-state index in [1.54, 1.807) is 0 Å². The summed E-state index contributed by atoms with van der Waals surface area (Å²) in [6.45, 7) is 2.63. The minimum absolute atomic E-state index is 0.0629. The predicted molar refractivity (Wildman–Crippen MR) is 94.1 cm³/mol. The van der Waals surface area contributed by atoms with Gasteiger partial charge in [-0.2, -0.15) is 0 Å². The largest absolute Gasteiger partial charge is 0.398 e. The van der Waals surface area contributed by atoms with Gasteiger partial charge in [0.05, 0.1) is 5.92 Å². The second-order valence-electron chi connectivity index (χ2n) is 6.16. The molecule has 2 atom stereocenters. The standard InChI is InChI=1S/C19H23N3O/c1-13(18(21)14-7-3-2-4-8-14)19(23)22-12-6-9-15-16(20)10-5-11-17(15)22/h2-5,7-8,10-11,13,18H,6,9,12,20-21H2,1H3. The van der Waals surface area contributed by atoms with Gasteiger partial charge >= 0.3 is 0 Å². The van der Waals surface area contributed by atoms with Crippen molar-refractivity contribution in [1.82, 2.24) is 0 Å². The Hall–Kier alpha value is -2.33. The van der Waals surface area contributed by atoms with Gasteiger partial charge in [0.15, 0.2) is 0 Å². The van der Waals surface area contributed by atoms with Crippen LogP contribution in [-0.4, -0.2) is 12.5 Å². The molecule has 0 bridgehead atoms. The number of hydrogen-bond donors (Lipinski definition) is 2. The van der Waals surface area contributed by atoms with Gasteiger partial charge in [0.2, 0.25) is 5.91 Å². The zero-order valence-corrected chi connectivity index (χ0v) is 13.4. The number of amides is 1. The molecule has 2 unspecified atom stereocenters. The molecule has 0 saturated carbocycles. The Bertz CT molecular complexity index is 699. The maximum atomic E-state index is 13.0. The molecule has 4 N–H and O–H groups in total. The molecule has 0 aliphatic carbocycles. The molecule has 1 amide bonds. The molecule has 0 radical (unpaired) electrons. The Morgan fingerprint density at radius 2 is 1.87 bits per heavy atom. The van der Waals surface area contributed by atoms with Crippen LogP contribution >= 0.6 is 0 Å². The van der Waals surface area contributed by atoms with Gasteiger partial charge in [-0.1, -0.05) is 43.3 Å². The average Bonchev–Trinajstić information content (AvgIpc) is 2.60. The molecule has 0 saturated heterocycles. The third kappa shape index (κ3) is 2.94. The SMILES string of the molecule is CC(C(=O)N1CCCc2c(N)cccc21)C(N)c1ccccc1. The Morgan fingerprint density at radius 3 is 2.61 bits per heavy atom. The fourth-order valence-electron chi connectivity index (χ4n) is 3.24. The number of nitrogen functional groups attached to an aromatic ring is 1. The molecule has 120 valence electrons. The lowest BCUT2D eigenvalue weighted by Gasteiger charge is -2.33. The van der Waals surface area contributed by atoms with Crippen molar-refractivity contribution in [3.8, 4) is 0 Å². The van der Waals surface area contributed by atoms with Crippen LogP contribution in [0.4, 0.5) is 11.4 Å². The molecule has 0 fully saturated rings. The highest BCUT2D eigenvalue weighted by Gasteiger charge is 2.30. The molecule has 1 heterocycles. The molecule has 4 nitrogen and oxygen atoms in total. The Labute approximate surface area is 137 Å². The molecule has 1 aliphatic heterocycles. The molecule has 0 aromatic heterocycles. The lowest BCUT2D eigenvalue weighted by Crippen LogP contribution is -2.42. The quantitative estimate of drug-likeness (QED) is 0.856. The first-order chi connectivity index (χ1) is 11.1. The average molecular weight is 309 g/mol. The van der Waals surface area contributed by atoms with Crippen molar-refractivity contribution in [3.63, 3.8) is 0 Å². The van der Waals surface area contributed by atoms with Gasteiger partial charge in [0.1, 0.15) is 0 Å². The highest BCUT2D eigenvalue weighted by atomic mass is 16.2. The second kappa shape index (κ2) is 6.42. The van der Waals surface area contributed by atoms with Gasteiger partial charge in [-0.3, -0.25) is 4.79 Å². The number of hydrogen-bond acceptors (Lipinski definition) is 3. The van der Waals surface area contributed by atoms with Crippen LogP contribution in [0.3, 0.4) is 0 Å². The third-order valence-electron chi connectivity index (χ3n) is 4.67. The summed E-state index contributed by atoms with van der Waals surface area (Å²) in [5.41, 5.74) is 16.2. The normalized spacial score (nSPS) is 16.5. The van der Waals surface area contributed by atoms with E-state index in [0.29, 0.717) is 0 Å². The third-order valence-corrected chi connectivity index (χ3v) is 4.67. The van der Waals surface area contributed by atoms with Crippen LogP contribution in [-0.2, 0) is 11.2 Å². The van der Waals surface area contributed by atoms with Crippen LogP contribution in [0.5, 0.6) is 0 Å². The van der Waals surface area contributed by atoms with Crippen molar-refractivity contribution in [1.29, 1.82) is 0 Å². The number of carbonyl (C=O) groups excluding carboxylic acids is 1. The first-order valence-electron chi connectivity index (χ1n) is 8.09. The van der Waals surface area contributed by atoms with E-state index >= 15 is 0 Å². The number of benzene rings is 2. The maximum absolute atomic E-state index is 13.0. The first kappa shape index (κ1) is 15.6. The molecule has 2 aromatic rings. The van der Waals surface area contributed by atoms with E-state index in [2.05, 4.69) is 0 Å². The van der Waals surface area contributed by atoms with Crippen molar-refractivity contribution < 1.29 is 4.79 Å². The summed E-state index contributed by atoms with van der Waals surface area (Å²) in [5.74, 6) is -0.224. The Morgan fingerprint density at radius 1 is 1.13 bits per heavy atom. The van der Waals surface area contributed by atoms with Crippen molar-refractivity contribution in [2.75, 3.05) is 17.2 Å². The van der Waals surface area contributed by atoms with Crippen LogP contribution < -0.4 is 16.4 Å². The number of carbonyl (C=O) groups is 1. The van der Waals surface area contributed by atoms with E-state index in [4.69, 9.17) is 11.5 Å². The van der Waals surface area contributed by atoms with E-state index in [9.17, 15) is 4.79 Å². The van der Waals surface area contributed by atoms with Crippen molar-refractivity contribution in [3.05, 3.63) is 59.7 Å². The van der Waals surface area contributed by atoms with Crippen LogP contribution in [0.25, 0.3) is 0 Å². The number of nitrogens with zero attached hydrogens (tertiary/aromatic N) is 1. The van der Waals surface area contributed by atoms with Crippen LogP contribution in [0, 0.1) is 5.92 Å². The molecular weight excluding hydrogens is 286 g/mol. The van der Waals surface area contributed by atoms with Gasteiger partial charge in [-0.05, 0) is 36.1 Å². The lowest BCUT2D eigenvalue weighted by molar-refractivity contribution is -0.122. The van der Waals surface area contributed by atoms with Gasteiger partial charge in [0, 0.05) is 24.0 Å². The van der Waals surface area contributed by atoms with Crippen LogP contribution in [0.2, 0.25) is 0 Å². The van der Waals surface area contributed by atoms with Crippen molar-refractivity contribution in [2.45, 2.75) is 25.8 Å². The van der Waals surface area contributed by atoms with Crippen molar-refractivity contribution >= 4 is 17.3 Å². The summed E-state index contributed by atoms with van der Waals surface area (Å²) in [6.07, 6.45) is 1.85. The number of nitrogens with two attached hydrogens (primary N) is 2. The molecule has 1 aliphatic rings. The predicted octanol–water partition coefficient (Wildman–Crippen LogP) is 2.88. The second-order valence-corrected chi connectivity index (χ2v) is 6.16. The Kier molecular flexibility index (Phi) is 4.35. The summed E-state index contributed by atoms with van der Waals surface area (Å²) in [7, 11) is 0. The zero-order valence-electron chi connectivity index (χ0n) is 13.4. The molecule has 0 spiro atoms. The molecule has 23 heavy (non-hydrogen) atoms. The summed E-state index contributed by atoms with van der Waals surface area (Å²) >= 11 is 0. The summed E-state index contributed by atoms with van der Waals surface area (Å²) in [5, 5.41) is 0. The Balaban J connectivity index is 1.86. The topological polar surface area (TPSA) is 72.3 Å². The highest BCUT2D eigenvalue weighted by molar-refractivity contribution is 5.97.